The second-order valence-electron chi connectivity index (χ2n) is 7.48. The summed E-state index contributed by atoms with van der Waals surface area (Å²) < 4.78 is 22.7. The van der Waals surface area contributed by atoms with E-state index in [0.717, 1.165) is 4.47 Å². The van der Waals surface area contributed by atoms with E-state index in [4.69, 9.17) is 4.74 Å². The van der Waals surface area contributed by atoms with Gasteiger partial charge in [-0.2, -0.15) is 5.10 Å². The molecule has 4 rings (SSSR count). The van der Waals surface area contributed by atoms with Gasteiger partial charge in [-0.25, -0.2) is 9.82 Å². The number of rotatable bonds is 5. The summed E-state index contributed by atoms with van der Waals surface area (Å²) in [4.78, 5) is 27.6. The SMILES string of the molecule is CCn1cc(C(=O)N/N=C/c2cc(Br)ccc2O)c(=O)c2cc(F)c(N3CCOCC3)cc21. The molecule has 0 spiro atoms. The predicted octanol–water partition coefficient (Wildman–Crippen LogP) is 3.23. The minimum absolute atomic E-state index is 0.0122. The summed E-state index contributed by atoms with van der Waals surface area (Å²) in [6, 6.07) is 7.61. The van der Waals surface area contributed by atoms with Crippen LogP contribution in [0, 0.1) is 5.82 Å². The van der Waals surface area contributed by atoms with Crippen LogP contribution in [0.15, 0.2) is 50.9 Å². The summed E-state index contributed by atoms with van der Waals surface area (Å²) in [5.41, 5.74) is 2.90. The van der Waals surface area contributed by atoms with Crippen molar-refractivity contribution in [3.05, 3.63) is 68.2 Å². The number of carbonyl (C=O) groups is 1. The third-order valence-corrected chi connectivity index (χ3v) is 5.94. The maximum atomic E-state index is 14.9. The Bertz CT molecular complexity index is 1300. The average Bonchev–Trinajstić information content (AvgIpc) is 2.82. The molecular formula is C23H22BrFN4O4. The molecule has 1 fully saturated rings. The van der Waals surface area contributed by atoms with Crippen molar-refractivity contribution < 1.29 is 19.0 Å². The molecule has 8 nitrogen and oxygen atoms in total. The van der Waals surface area contributed by atoms with Crippen LogP contribution in [0.4, 0.5) is 10.1 Å². The van der Waals surface area contributed by atoms with Crippen molar-refractivity contribution >= 4 is 44.6 Å². The molecule has 1 saturated heterocycles. The maximum Gasteiger partial charge on any atom is 0.276 e. The van der Waals surface area contributed by atoms with Crippen LogP contribution in [0.5, 0.6) is 5.75 Å². The van der Waals surface area contributed by atoms with E-state index in [1.54, 1.807) is 22.8 Å². The van der Waals surface area contributed by atoms with E-state index >= 15 is 0 Å². The largest absolute Gasteiger partial charge is 0.507 e. The number of nitrogens with one attached hydrogen (secondary N) is 1. The fourth-order valence-corrected chi connectivity index (χ4v) is 4.10. The van der Waals surface area contributed by atoms with Gasteiger partial charge in [-0.05, 0) is 37.3 Å². The van der Waals surface area contributed by atoms with Gasteiger partial charge in [0.25, 0.3) is 5.91 Å². The van der Waals surface area contributed by atoms with Crippen molar-refractivity contribution in [1.29, 1.82) is 0 Å². The third kappa shape index (κ3) is 4.76. The van der Waals surface area contributed by atoms with Gasteiger partial charge in [0.1, 0.15) is 17.1 Å². The van der Waals surface area contributed by atoms with Crippen LogP contribution in [0.25, 0.3) is 10.9 Å². The molecule has 1 aromatic heterocycles. The Morgan fingerprint density at radius 1 is 1.30 bits per heavy atom. The van der Waals surface area contributed by atoms with Crippen LogP contribution in [-0.4, -0.2) is 48.1 Å². The number of pyridine rings is 1. The first kappa shape index (κ1) is 22.9. The molecule has 0 atom stereocenters. The molecular weight excluding hydrogens is 495 g/mol. The summed E-state index contributed by atoms with van der Waals surface area (Å²) in [5.74, 6) is -1.26. The molecule has 172 valence electrons. The smallest absolute Gasteiger partial charge is 0.276 e. The Labute approximate surface area is 197 Å². The molecule has 2 heterocycles. The van der Waals surface area contributed by atoms with E-state index in [9.17, 15) is 19.1 Å². The number of fused-ring (bicyclic) bond motifs is 1. The minimum atomic E-state index is -0.729. The lowest BCUT2D eigenvalue weighted by Crippen LogP contribution is -2.37. The number of phenols is 1. The Kier molecular flexibility index (Phi) is 6.75. The molecule has 2 aromatic carbocycles. The van der Waals surface area contributed by atoms with Gasteiger partial charge in [-0.15, -0.1) is 0 Å². The molecule has 33 heavy (non-hydrogen) atoms. The fraction of sp³-hybridized carbons (Fsp3) is 0.261. The molecule has 0 unspecified atom stereocenters. The number of halogens is 2. The van der Waals surface area contributed by atoms with E-state index in [1.165, 1.54) is 24.5 Å². The molecule has 1 aliphatic heterocycles. The minimum Gasteiger partial charge on any atom is -0.507 e. The van der Waals surface area contributed by atoms with E-state index in [1.807, 2.05) is 11.8 Å². The van der Waals surface area contributed by atoms with Crippen molar-refractivity contribution in [3.8, 4) is 5.75 Å². The highest BCUT2D eigenvalue weighted by Crippen LogP contribution is 2.26. The normalized spacial score (nSPS) is 14.2. The maximum absolute atomic E-state index is 14.9. The molecule has 0 bridgehead atoms. The highest BCUT2D eigenvalue weighted by molar-refractivity contribution is 9.10. The number of benzene rings is 2. The van der Waals surface area contributed by atoms with Crippen LogP contribution in [0.2, 0.25) is 0 Å². The van der Waals surface area contributed by atoms with Crippen molar-refractivity contribution in [2.24, 2.45) is 5.10 Å². The van der Waals surface area contributed by atoms with Gasteiger partial charge in [-0.3, -0.25) is 9.59 Å². The van der Waals surface area contributed by atoms with Gasteiger partial charge in [0.2, 0.25) is 5.43 Å². The summed E-state index contributed by atoms with van der Waals surface area (Å²) in [6.45, 7) is 4.48. The molecule has 0 saturated carbocycles. The van der Waals surface area contributed by atoms with Crippen LogP contribution >= 0.6 is 15.9 Å². The Morgan fingerprint density at radius 3 is 2.79 bits per heavy atom. The van der Waals surface area contributed by atoms with Gasteiger partial charge in [-0.1, -0.05) is 15.9 Å². The van der Waals surface area contributed by atoms with Gasteiger partial charge in [0, 0.05) is 41.3 Å². The second-order valence-corrected chi connectivity index (χ2v) is 8.40. The van der Waals surface area contributed by atoms with Gasteiger partial charge >= 0.3 is 0 Å². The second kappa shape index (κ2) is 9.72. The van der Waals surface area contributed by atoms with Crippen LogP contribution in [-0.2, 0) is 11.3 Å². The highest BCUT2D eigenvalue weighted by atomic mass is 79.9. The Morgan fingerprint density at radius 2 is 2.06 bits per heavy atom. The van der Waals surface area contributed by atoms with Gasteiger partial charge < -0.3 is 19.3 Å². The number of aromatic hydroxyl groups is 1. The number of nitrogens with zero attached hydrogens (tertiary/aromatic N) is 3. The number of carbonyl (C=O) groups excluding carboxylic acids is 1. The number of anilines is 1. The van der Waals surface area contributed by atoms with Gasteiger partial charge in [0.15, 0.2) is 0 Å². The van der Waals surface area contributed by atoms with E-state index in [0.29, 0.717) is 49.6 Å². The van der Waals surface area contributed by atoms with Crippen molar-refractivity contribution in [3.63, 3.8) is 0 Å². The molecule has 3 aromatic rings. The number of ether oxygens (including phenoxy) is 1. The zero-order chi connectivity index (χ0) is 23.5. The number of phenolic OH excluding ortho intramolecular Hbond substituents is 1. The first-order chi connectivity index (χ1) is 15.9. The van der Waals surface area contributed by atoms with Crippen LogP contribution in [0.3, 0.4) is 0 Å². The number of hydrogen-bond acceptors (Lipinski definition) is 6. The summed E-state index contributed by atoms with van der Waals surface area (Å²) in [5, 5.41) is 13.8. The zero-order valence-electron chi connectivity index (χ0n) is 17.8. The third-order valence-electron chi connectivity index (χ3n) is 5.45. The summed E-state index contributed by atoms with van der Waals surface area (Å²) in [7, 11) is 0. The monoisotopic (exact) mass is 516 g/mol. The number of morpholine rings is 1. The van der Waals surface area contributed by atoms with E-state index < -0.39 is 17.2 Å². The quantitative estimate of drug-likeness (QED) is 0.401. The van der Waals surface area contributed by atoms with Crippen molar-refractivity contribution in [2.75, 3.05) is 31.2 Å². The fourth-order valence-electron chi connectivity index (χ4n) is 3.72. The average molecular weight is 517 g/mol. The summed E-state index contributed by atoms with van der Waals surface area (Å²) >= 11 is 3.29. The Balaban J connectivity index is 1.67. The predicted molar refractivity (Wildman–Crippen MR) is 128 cm³/mol. The lowest BCUT2D eigenvalue weighted by molar-refractivity contribution is 0.0953. The van der Waals surface area contributed by atoms with Gasteiger partial charge in [0.05, 0.1) is 30.6 Å². The van der Waals surface area contributed by atoms with E-state index in [-0.39, 0.29) is 16.7 Å². The molecule has 1 amide bonds. The van der Waals surface area contributed by atoms with Crippen molar-refractivity contribution in [1.82, 2.24) is 9.99 Å². The Hall–Kier alpha value is -3.24. The van der Waals surface area contributed by atoms with E-state index in [2.05, 4.69) is 26.5 Å². The highest BCUT2D eigenvalue weighted by Gasteiger charge is 2.20. The molecule has 0 aliphatic carbocycles. The zero-order valence-corrected chi connectivity index (χ0v) is 19.4. The van der Waals surface area contributed by atoms with Crippen LogP contribution < -0.4 is 15.8 Å². The van der Waals surface area contributed by atoms with Crippen molar-refractivity contribution in [2.45, 2.75) is 13.5 Å². The topological polar surface area (TPSA) is 96.2 Å². The molecule has 1 aliphatic rings. The first-order valence-corrected chi connectivity index (χ1v) is 11.2. The lowest BCUT2D eigenvalue weighted by atomic mass is 10.1. The van der Waals surface area contributed by atoms with Crippen LogP contribution in [0.1, 0.15) is 22.8 Å². The lowest BCUT2D eigenvalue weighted by Gasteiger charge is -2.29. The number of aromatic nitrogens is 1. The number of hydrazone groups is 1. The first-order valence-electron chi connectivity index (χ1n) is 10.4. The molecule has 2 N–H and O–H groups in total. The number of aryl methyl sites for hydroxylation is 1. The molecule has 0 radical (unpaired) electrons. The molecule has 10 heteroatoms. The summed E-state index contributed by atoms with van der Waals surface area (Å²) in [6.07, 6.45) is 2.72. The number of hydrogen-bond donors (Lipinski definition) is 2. The standard InChI is InChI=1S/C23H22BrFN4O4/c1-2-28-13-17(23(32)27-26-12-14-9-15(24)3-4-21(14)30)22(31)16-10-18(25)20(11-19(16)28)29-5-7-33-8-6-29/h3-4,9-13,30H,2,5-8H2,1H3,(H,27,32)/b26-12+. The number of amides is 1.